The number of carbonyl (C=O) groups is 1. The maximum Gasteiger partial charge on any atom is 0.307 e. The molecular weight excluding hydrogens is 178 g/mol. The van der Waals surface area contributed by atoms with E-state index in [2.05, 4.69) is 0 Å². The standard InChI is InChI=1S/C11H11NO2/c1-8-3-2-4-10-5-9(6-11(13)14)7-12(8)10/h2-5,7H,6H2,1H3,(H,13,14). The van der Waals surface area contributed by atoms with Gasteiger partial charge in [0.05, 0.1) is 6.42 Å². The molecule has 72 valence electrons. The lowest BCUT2D eigenvalue weighted by Gasteiger charge is -1.97. The van der Waals surface area contributed by atoms with Crippen molar-refractivity contribution in [3.63, 3.8) is 0 Å². The lowest BCUT2D eigenvalue weighted by atomic mass is 10.2. The molecule has 1 N–H and O–H groups in total. The fourth-order valence-corrected chi connectivity index (χ4v) is 1.61. The monoisotopic (exact) mass is 189 g/mol. The molecule has 0 fully saturated rings. The Bertz CT molecular complexity index is 485. The Morgan fingerprint density at radius 1 is 1.50 bits per heavy atom. The van der Waals surface area contributed by atoms with Gasteiger partial charge in [0.2, 0.25) is 0 Å². The molecule has 0 aliphatic heterocycles. The molecule has 2 aromatic rings. The molecule has 0 unspecified atom stereocenters. The summed E-state index contributed by atoms with van der Waals surface area (Å²) in [7, 11) is 0. The van der Waals surface area contributed by atoms with E-state index >= 15 is 0 Å². The fraction of sp³-hybridized carbons (Fsp3) is 0.182. The van der Waals surface area contributed by atoms with Crippen LogP contribution in [-0.4, -0.2) is 15.5 Å². The first-order chi connectivity index (χ1) is 6.66. The van der Waals surface area contributed by atoms with Crippen molar-refractivity contribution in [2.24, 2.45) is 0 Å². The van der Waals surface area contributed by atoms with E-state index in [9.17, 15) is 4.79 Å². The van der Waals surface area contributed by atoms with Crippen LogP contribution >= 0.6 is 0 Å². The van der Waals surface area contributed by atoms with Crippen molar-refractivity contribution in [1.29, 1.82) is 0 Å². The average molecular weight is 189 g/mol. The summed E-state index contributed by atoms with van der Waals surface area (Å²) in [5.41, 5.74) is 2.99. The first kappa shape index (κ1) is 8.81. The smallest absolute Gasteiger partial charge is 0.307 e. The molecule has 2 rings (SSSR count). The number of carboxylic acid groups (broad SMARTS) is 1. The van der Waals surface area contributed by atoms with E-state index in [0.717, 1.165) is 16.8 Å². The molecule has 14 heavy (non-hydrogen) atoms. The lowest BCUT2D eigenvalue weighted by Crippen LogP contribution is -1.98. The second-order valence-electron chi connectivity index (χ2n) is 3.38. The van der Waals surface area contributed by atoms with Crippen molar-refractivity contribution in [3.8, 4) is 0 Å². The van der Waals surface area contributed by atoms with Crippen LogP contribution in [0.1, 0.15) is 11.3 Å². The summed E-state index contributed by atoms with van der Waals surface area (Å²) >= 11 is 0. The van der Waals surface area contributed by atoms with Crippen molar-refractivity contribution in [1.82, 2.24) is 4.40 Å². The van der Waals surface area contributed by atoms with Crippen LogP contribution in [0.2, 0.25) is 0 Å². The molecule has 0 radical (unpaired) electrons. The van der Waals surface area contributed by atoms with Gasteiger partial charge in [-0.05, 0) is 30.7 Å². The third-order valence-corrected chi connectivity index (χ3v) is 2.25. The highest BCUT2D eigenvalue weighted by atomic mass is 16.4. The number of nitrogens with zero attached hydrogens (tertiary/aromatic N) is 1. The normalized spacial score (nSPS) is 10.6. The highest BCUT2D eigenvalue weighted by Gasteiger charge is 2.04. The first-order valence-corrected chi connectivity index (χ1v) is 4.45. The second kappa shape index (κ2) is 3.18. The number of aliphatic carboxylic acids is 1. The Labute approximate surface area is 81.6 Å². The third kappa shape index (κ3) is 1.48. The Balaban J connectivity index is 2.51. The van der Waals surface area contributed by atoms with Gasteiger partial charge in [-0.3, -0.25) is 4.79 Å². The van der Waals surface area contributed by atoms with Gasteiger partial charge in [-0.2, -0.15) is 0 Å². The van der Waals surface area contributed by atoms with Crippen LogP contribution in [0.5, 0.6) is 0 Å². The van der Waals surface area contributed by atoms with Gasteiger partial charge in [0, 0.05) is 17.4 Å². The van der Waals surface area contributed by atoms with Gasteiger partial charge in [-0.25, -0.2) is 0 Å². The summed E-state index contributed by atoms with van der Waals surface area (Å²) in [6.45, 7) is 2.00. The zero-order valence-corrected chi connectivity index (χ0v) is 7.90. The topological polar surface area (TPSA) is 41.7 Å². The second-order valence-corrected chi connectivity index (χ2v) is 3.38. The largest absolute Gasteiger partial charge is 0.481 e. The molecule has 0 saturated heterocycles. The van der Waals surface area contributed by atoms with Gasteiger partial charge in [0.1, 0.15) is 0 Å². The molecule has 2 aromatic heterocycles. The van der Waals surface area contributed by atoms with E-state index in [0.29, 0.717) is 0 Å². The summed E-state index contributed by atoms with van der Waals surface area (Å²) in [6.07, 6.45) is 1.96. The number of carboxylic acids is 1. The molecule has 3 nitrogen and oxygen atoms in total. The van der Waals surface area contributed by atoms with E-state index in [-0.39, 0.29) is 6.42 Å². The minimum Gasteiger partial charge on any atom is -0.481 e. The SMILES string of the molecule is Cc1cccc2cc(CC(=O)O)cn12. The van der Waals surface area contributed by atoms with Crippen LogP contribution in [0.25, 0.3) is 5.52 Å². The zero-order chi connectivity index (χ0) is 10.1. The van der Waals surface area contributed by atoms with Crippen molar-refractivity contribution >= 4 is 11.5 Å². The average Bonchev–Trinajstić information content (AvgIpc) is 2.47. The number of hydrogen-bond acceptors (Lipinski definition) is 1. The van der Waals surface area contributed by atoms with Crippen molar-refractivity contribution in [2.45, 2.75) is 13.3 Å². The van der Waals surface area contributed by atoms with Crippen molar-refractivity contribution in [3.05, 3.63) is 41.7 Å². The molecule has 0 aromatic carbocycles. The van der Waals surface area contributed by atoms with Crippen LogP contribution < -0.4 is 0 Å². The van der Waals surface area contributed by atoms with E-state index in [4.69, 9.17) is 5.11 Å². The maximum absolute atomic E-state index is 10.5. The molecule has 0 aliphatic rings. The highest BCUT2D eigenvalue weighted by molar-refractivity contribution is 5.71. The van der Waals surface area contributed by atoms with Crippen LogP contribution in [0.3, 0.4) is 0 Å². The number of aryl methyl sites for hydroxylation is 1. The Hall–Kier alpha value is -1.77. The van der Waals surface area contributed by atoms with E-state index in [1.807, 2.05) is 41.8 Å². The van der Waals surface area contributed by atoms with Crippen molar-refractivity contribution in [2.75, 3.05) is 0 Å². The van der Waals surface area contributed by atoms with E-state index in [1.54, 1.807) is 0 Å². The van der Waals surface area contributed by atoms with E-state index in [1.165, 1.54) is 0 Å². The molecule has 0 aliphatic carbocycles. The Kier molecular flexibility index (Phi) is 2.00. The minimum atomic E-state index is -0.793. The summed E-state index contributed by atoms with van der Waals surface area (Å²) in [5, 5.41) is 8.65. The molecule has 0 spiro atoms. The predicted molar refractivity (Wildman–Crippen MR) is 53.5 cm³/mol. The van der Waals surface area contributed by atoms with Gasteiger partial charge in [-0.15, -0.1) is 0 Å². The van der Waals surface area contributed by atoms with Crippen LogP contribution in [-0.2, 0) is 11.2 Å². The van der Waals surface area contributed by atoms with Crippen LogP contribution in [0.15, 0.2) is 30.5 Å². The zero-order valence-electron chi connectivity index (χ0n) is 7.90. The summed E-state index contributed by atoms with van der Waals surface area (Å²) in [4.78, 5) is 10.5. The van der Waals surface area contributed by atoms with Gasteiger partial charge < -0.3 is 9.51 Å². The van der Waals surface area contributed by atoms with Gasteiger partial charge in [0.15, 0.2) is 0 Å². The molecule has 0 bridgehead atoms. The number of rotatable bonds is 2. The molecule has 0 atom stereocenters. The molecule has 0 amide bonds. The Morgan fingerprint density at radius 3 is 2.93 bits per heavy atom. The maximum atomic E-state index is 10.5. The molecule has 2 heterocycles. The number of pyridine rings is 1. The van der Waals surface area contributed by atoms with Crippen LogP contribution in [0.4, 0.5) is 0 Å². The quantitative estimate of drug-likeness (QED) is 0.783. The highest BCUT2D eigenvalue weighted by Crippen LogP contribution is 2.12. The summed E-state index contributed by atoms with van der Waals surface area (Å²) < 4.78 is 2.00. The number of fused-ring (bicyclic) bond motifs is 1. The number of hydrogen-bond donors (Lipinski definition) is 1. The third-order valence-electron chi connectivity index (χ3n) is 2.25. The summed E-state index contributed by atoms with van der Waals surface area (Å²) in [6, 6.07) is 7.84. The molecule has 3 heteroatoms. The predicted octanol–water partition coefficient (Wildman–Crippen LogP) is 1.87. The Morgan fingerprint density at radius 2 is 2.29 bits per heavy atom. The number of aromatic nitrogens is 1. The molecular formula is C11H11NO2. The lowest BCUT2D eigenvalue weighted by molar-refractivity contribution is -0.136. The summed E-state index contributed by atoms with van der Waals surface area (Å²) in [5.74, 6) is -0.793. The fourth-order valence-electron chi connectivity index (χ4n) is 1.61. The minimum absolute atomic E-state index is 0.0844. The van der Waals surface area contributed by atoms with E-state index < -0.39 is 5.97 Å². The van der Waals surface area contributed by atoms with Gasteiger partial charge >= 0.3 is 5.97 Å². The first-order valence-electron chi connectivity index (χ1n) is 4.45. The van der Waals surface area contributed by atoms with Crippen LogP contribution in [0, 0.1) is 6.92 Å². The van der Waals surface area contributed by atoms with Gasteiger partial charge in [0.25, 0.3) is 0 Å². The van der Waals surface area contributed by atoms with Crippen molar-refractivity contribution < 1.29 is 9.90 Å². The molecule has 0 saturated carbocycles. The van der Waals surface area contributed by atoms with Gasteiger partial charge in [-0.1, -0.05) is 6.07 Å².